The van der Waals surface area contributed by atoms with E-state index in [0.29, 0.717) is 18.4 Å². The molecule has 0 aromatic heterocycles. The molecule has 0 aliphatic rings. The van der Waals surface area contributed by atoms with Crippen molar-refractivity contribution in [3.63, 3.8) is 0 Å². The molecule has 0 atom stereocenters. The molecule has 4 nitrogen and oxygen atoms in total. The minimum absolute atomic E-state index is 0.0362. The van der Waals surface area contributed by atoms with E-state index in [9.17, 15) is 13.2 Å². The van der Waals surface area contributed by atoms with Crippen molar-refractivity contribution in [3.8, 4) is 0 Å². The van der Waals surface area contributed by atoms with Gasteiger partial charge < -0.3 is 4.79 Å². The molecule has 0 aliphatic heterocycles. The predicted molar refractivity (Wildman–Crippen MR) is 64.9 cm³/mol. The van der Waals surface area contributed by atoms with Gasteiger partial charge in [-0.15, -0.1) is 0 Å². The Kier molecular flexibility index (Phi) is 5.31. The molecule has 1 aromatic carbocycles. The molecule has 0 heterocycles. The summed E-state index contributed by atoms with van der Waals surface area (Å²) in [6.45, 7) is 1.53. The lowest BCUT2D eigenvalue weighted by atomic mass is 10.2. The quantitative estimate of drug-likeness (QED) is 0.552. The summed E-state index contributed by atoms with van der Waals surface area (Å²) in [7, 11) is -3.54. The largest absolute Gasteiger partial charge is 0.300 e. The summed E-state index contributed by atoms with van der Waals surface area (Å²) in [5, 5.41) is 0. The first kappa shape index (κ1) is 13.9. The van der Waals surface area contributed by atoms with Crippen LogP contribution in [0, 0.1) is 0 Å². The van der Waals surface area contributed by atoms with Crippen LogP contribution in [0.5, 0.6) is 0 Å². The van der Waals surface area contributed by atoms with Gasteiger partial charge in [-0.2, -0.15) is 8.42 Å². The van der Waals surface area contributed by atoms with Crippen LogP contribution in [-0.2, 0) is 24.8 Å². The van der Waals surface area contributed by atoms with Crippen molar-refractivity contribution in [3.05, 3.63) is 35.9 Å². The minimum Gasteiger partial charge on any atom is -0.300 e. The van der Waals surface area contributed by atoms with Gasteiger partial charge in [0.15, 0.2) is 0 Å². The summed E-state index contributed by atoms with van der Waals surface area (Å²) in [5.74, 6) is -0.0949. The third-order valence-electron chi connectivity index (χ3n) is 2.12. The van der Waals surface area contributed by atoms with Crippen LogP contribution in [0.15, 0.2) is 30.3 Å². The summed E-state index contributed by atoms with van der Waals surface area (Å²) >= 11 is 0. The lowest BCUT2D eigenvalue weighted by molar-refractivity contribution is -0.117. The van der Waals surface area contributed by atoms with Crippen LogP contribution in [0.25, 0.3) is 0 Å². The SMILES string of the molecule is CC(=O)CCCOS(=O)(=O)Cc1ccccc1. The standard InChI is InChI=1S/C12H16O4S/c1-11(13)6-5-9-16-17(14,15)10-12-7-3-2-4-8-12/h2-4,7-8H,5-6,9-10H2,1H3. The summed E-state index contributed by atoms with van der Waals surface area (Å²) in [6.07, 6.45) is 0.782. The highest BCUT2D eigenvalue weighted by atomic mass is 32.2. The Bertz CT molecular complexity index is 451. The summed E-state index contributed by atoms with van der Waals surface area (Å²) in [5.41, 5.74) is 0.694. The molecular formula is C12H16O4S. The van der Waals surface area contributed by atoms with Gasteiger partial charge >= 0.3 is 0 Å². The second kappa shape index (κ2) is 6.51. The topological polar surface area (TPSA) is 60.4 Å². The van der Waals surface area contributed by atoms with Gasteiger partial charge in [-0.3, -0.25) is 4.18 Å². The van der Waals surface area contributed by atoms with Crippen LogP contribution >= 0.6 is 0 Å². The zero-order chi connectivity index (χ0) is 12.7. The molecule has 0 unspecified atom stereocenters. The number of rotatable bonds is 7. The molecule has 0 saturated heterocycles. The van der Waals surface area contributed by atoms with E-state index in [1.54, 1.807) is 24.3 Å². The fourth-order valence-electron chi connectivity index (χ4n) is 1.33. The lowest BCUT2D eigenvalue weighted by Crippen LogP contribution is -2.10. The van der Waals surface area contributed by atoms with Crippen LogP contribution in [0.4, 0.5) is 0 Å². The zero-order valence-corrected chi connectivity index (χ0v) is 10.6. The van der Waals surface area contributed by atoms with Gasteiger partial charge in [-0.05, 0) is 18.9 Å². The Morgan fingerprint density at radius 1 is 1.24 bits per heavy atom. The molecule has 5 heteroatoms. The maximum Gasteiger partial charge on any atom is 0.271 e. The molecular weight excluding hydrogens is 240 g/mol. The number of carbonyl (C=O) groups is 1. The molecule has 0 amide bonds. The van der Waals surface area contributed by atoms with E-state index in [1.807, 2.05) is 6.07 Å². The third kappa shape index (κ3) is 6.19. The number of benzene rings is 1. The van der Waals surface area contributed by atoms with E-state index >= 15 is 0 Å². The molecule has 0 spiro atoms. The van der Waals surface area contributed by atoms with Crippen LogP contribution in [-0.4, -0.2) is 20.8 Å². The molecule has 0 radical (unpaired) electrons. The summed E-state index contributed by atoms with van der Waals surface area (Å²) in [6, 6.07) is 8.85. The monoisotopic (exact) mass is 256 g/mol. The van der Waals surface area contributed by atoms with Gasteiger partial charge in [0.25, 0.3) is 10.1 Å². The predicted octanol–water partition coefficient (Wildman–Crippen LogP) is 1.90. The van der Waals surface area contributed by atoms with Crippen molar-refractivity contribution in [1.29, 1.82) is 0 Å². The Hall–Kier alpha value is -1.20. The van der Waals surface area contributed by atoms with Gasteiger partial charge in [0.05, 0.1) is 6.61 Å². The lowest BCUT2D eigenvalue weighted by Gasteiger charge is -2.04. The summed E-state index contributed by atoms with van der Waals surface area (Å²) in [4.78, 5) is 10.7. The Morgan fingerprint density at radius 2 is 1.88 bits per heavy atom. The molecule has 1 rings (SSSR count). The van der Waals surface area contributed by atoms with E-state index in [2.05, 4.69) is 0 Å². The van der Waals surface area contributed by atoms with Crippen molar-refractivity contribution in [2.24, 2.45) is 0 Å². The zero-order valence-electron chi connectivity index (χ0n) is 9.76. The highest BCUT2D eigenvalue weighted by molar-refractivity contribution is 7.85. The van der Waals surface area contributed by atoms with Crippen molar-refractivity contribution in [2.45, 2.75) is 25.5 Å². The van der Waals surface area contributed by atoms with Crippen LogP contribution in [0.1, 0.15) is 25.3 Å². The number of hydrogen-bond donors (Lipinski definition) is 0. The molecule has 1 aromatic rings. The van der Waals surface area contributed by atoms with Gasteiger partial charge in [-0.1, -0.05) is 30.3 Å². The Morgan fingerprint density at radius 3 is 2.47 bits per heavy atom. The molecule has 17 heavy (non-hydrogen) atoms. The third-order valence-corrected chi connectivity index (χ3v) is 3.34. The first-order valence-corrected chi connectivity index (χ1v) is 6.98. The number of hydrogen-bond acceptors (Lipinski definition) is 4. The molecule has 0 bridgehead atoms. The van der Waals surface area contributed by atoms with E-state index < -0.39 is 10.1 Å². The van der Waals surface area contributed by atoms with Crippen LogP contribution in [0.2, 0.25) is 0 Å². The van der Waals surface area contributed by atoms with Crippen LogP contribution in [0.3, 0.4) is 0 Å². The van der Waals surface area contributed by atoms with E-state index in [4.69, 9.17) is 4.18 Å². The van der Waals surface area contributed by atoms with Gasteiger partial charge in [0.1, 0.15) is 11.5 Å². The Labute approximate surface area is 102 Å². The number of carbonyl (C=O) groups excluding carboxylic acids is 1. The van der Waals surface area contributed by atoms with Gasteiger partial charge in [0.2, 0.25) is 0 Å². The van der Waals surface area contributed by atoms with E-state index in [-0.39, 0.29) is 18.1 Å². The second-order valence-corrected chi connectivity index (χ2v) is 5.45. The maximum atomic E-state index is 11.5. The van der Waals surface area contributed by atoms with Crippen molar-refractivity contribution in [1.82, 2.24) is 0 Å². The fourth-order valence-corrected chi connectivity index (χ4v) is 2.38. The smallest absolute Gasteiger partial charge is 0.271 e. The summed E-state index contributed by atoms with van der Waals surface area (Å²) < 4.78 is 27.9. The van der Waals surface area contributed by atoms with Crippen LogP contribution < -0.4 is 0 Å². The Balaban J connectivity index is 2.39. The van der Waals surface area contributed by atoms with Crippen molar-refractivity contribution in [2.75, 3.05) is 6.61 Å². The van der Waals surface area contributed by atoms with Crippen molar-refractivity contribution < 1.29 is 17.4 Å². The van der Waals surface area contributed by atoms with Crippen molar-refractivity contribution >= 4 is 15.9 Å². The molecule has 94 valence electrons. The maximum absolute atomic E-state index is 11.5. The molecule has 0 saturated carbocycles. The molecule has 0 aliphatic carbocycles. The first-order chi connectivity index (χ1) is 7.99. The average Bonchev–Trinajstić information content (AvgIpc) is 2.25. The minimum atomic E-state index is -3.54. The molecule has 0 fully saturated rings. The highest BCUT2D eigenvalue weighted by Crippen LogP contribution is 2.07. The molecule has 0 N–H and O–H groups in total. The number of ketones is 1. The van der Waals surface area contributed by atoms with E-state index in [1.165, 1.54) is 6.92 Å². The second-order valence-electron chi connectivity index (χ2n) is 3.82. The number of Topliss-reactive ketones (excluding diaryl/α,β-unsaturated/α-hetero) is 1. The van der Waals surface area contributed by atoms with E-state index in [0.717, 1.165) is 0 Å². The average molecular weight is 256 g/mol. The highest BCUT2D eigenvalue weighted by Gasteiger charge is 2.12. The first-order valence-electron chi connectivity index (χ1n) is 5.40. The van der Waals surface area contributed by atoms with Gasteiger partial charge in [-0.25, -0.2) is 0 Å². The van der Waals surface area contributed by atoms with Gasteiger partial charge in [0, 0.05) is 6.42 Å². The normalized spacial score (nSPS) is 11.4. The fraction of sp³-hybridized carbons (Fsp3) is 0.417.